The van der Waals surface area contributed by atoms with Crippen LogP contribution in [0.2, 0.25) is 0 Å². The van der Waals surface area contributed by atoms with Gasteiger partial charge in [0.05, 0.1) is 26.4 Å². The van der Waals surface area contributed by atoms with Crippen molar-refractivity contribution in [3.05, 3.63) is 0 Å². The van der Waals surface area contributed by atoms with Crippen LogP contribution in [0.1, 0.15) is 200 Å². The molecule has 0 radical (unpaired) electrons. The third kappa shape index (κ3) is 37.0. The highest BCUT2D eigenvalue weighted by molar-refractivity contribution is 7.47. The standard InChI is InChI=1S/C39H79O9P/c1-3-5-7-9-11-13-15-16-17-18-19-20-22-24-26-28-30-32-45-35-38(36-47-49(43,44)46-34-37(41)33-40)48-39(42)31-29-27-25-23-21-14-12-10-8-6-4-2/h37-38,40-41H,3-36H2,1-2H3,(H,43,44). The van der Waals surface area contributed by atoms with E-state index in [2.05, 4.69) is 13.8 Å². The van der Waals surface area contributed by atoms with Crippen LogP contribution in [-0.2, 0) is 27.9 Å². The summed E-state index contributed by atoms with van der Waals surface area (Å²) < 4.78 is 33.3. The zero-order valence-corrected chi connectivity index (χ0v) is 32.8. The van der Waals surface area contributed by atoms with Gasteiger partial charge in [-0.2, -0.15) is 0 Å². The molecule has 0 aliphatic heterocycles. The highest BCUT2D eigenvalue weighted by Gasteiger charge is 2.26. The minimum Gasteiger partial charge on any atom is -0.457 e. The lowest BCUT2D eigenvalue weighted by Gasteiger charge is -2.20. The fraction of sp³-hybridized carbons (Fsp3) is 0.974. The first kappa shape index (κ1) is 48.5. The summed E-state index contributed by atoms with van der Waals surface area (Å²) >= 11 is 0. The molecule has 0 heterocycles. The van der Waals surface area contributed by atoms with Crippen LogP contribution in [0, 0.1) is 0 Å². The van der Waals surface area contributed by atoms with Gasteiger partial charge in [0.25, 0.3) is 0 Å². The summed E-state index contributed by atoms with van der Waals surface area (Å²) in [7, 11) is -4.50. The number of hydrogen-bond acceptors (Lipinski definition) is 8. The van der Waals surface area contributed by atoms with Gasteiger partial charge in [-0.15, -0.1) is 0 Å². The van der Waals surface area contributed by atoms with E-state index in [0.717, 1.165) is 32.1 Å². The first-order valence-electron chi connectivity index (χ1n) is 20.5. The largest absolute Gasteiger partial charge is 0.472 e. The second-order valence-corrected chi connectivity index (χ2v) is 15.5. The number of carbonyl (C=O) groups excluding carboxylic acids is 1. The van der Waals surface area contributed by atoms with Crippen LogP contribution in [0.25, 0.3) is 0 Å². The van der Waals surface area contributed by atoms with Crippen LogP contribution >= 0.6 is 7.82 Å². The third-order valence-electron chi connectivity index (χ3n) is 9.04. The van der Waals surface area contributed by atoms with Gasteiger partial charge in [0, 0.05) is 13.0 Å². The molecule has 10 heteroatoms. The van der Waals surface area contributed by atoms with Gasteiger partial charge >= 0.3 is 13.8 Å². The van der Waals surface area contributed by atoms with E-state index in [1.54, 1.807) is 0 Å². The van der Waals surface area contributed by atoms with Gasteiger partial charge < -0.3 is 24.6 Å². The number of carbonyl (C=O) groups is 1. The molecular weight excluding hydrogens is 643 g/mol. The lowest BCUT2D eigenvalue weighted by Crippen LogP contribution is -2.29. The first-order valence-corrected chi connectivity index (χ1v) is 22.0. The van der Waals surface area contributed by atoms with E-state index in [-0.39, 0.29) is 25.6 Å². The molecule has 49 heavy (non-hydrogen) atoms. The summed E-state index contributed by atoms with van der Waals surface area (Å²) in [4.78, 5) is 22.5. The topological polar surface area (TPSA) is 132 Å². The maximum atomic E-state index is 12.5. The molecule has 0 saturated heterocycles. The highest BCUT2D eigenvalue weighted by atomic mass is 31.2. The number of aliphatic hydroxyl groups excluding tert-OH is 2. The molecule has 0 fully saturated rings. The Morgan fingerprint density at radius 2 is 0.918 bits per heavy atom. The summed E-state index contributed by atoms with van der Waals surface area (Å²) in [6.45, 7) is 3.55. The van der Waals surface area contributed by atoms with Crippen LogP contribution < -0.4 is 0 Å². The highest BCUT2D eigenvalue weighted by Crippen LogP contribution is 2.43. The van der Waals surface area contributed by atoms with Crippen molar-refractivity contribution in [2.45, 2.75) is 212 Å². The molecule has 0 rings (SSSR count). The number of aliphatic hydroxyl groups is 2. The molecule has 0 aromatic carbocycles. The average molecular weight is 723 g/mol. The molecule has 294 valence electrons. The van der Waals surface area contributed by atoms with Crippen LogP contribution in [0.4, 0.5) is 0 Å². The second-order valence-electron chi connectivity index (χ2n) is 14.0. The van der Waals surface area contributed by atoms with Gasteiger partial charge in [0.2, 0.25) is 0 Å². The van der Waals surface area contributed by atoms with Crippen LogP contribution in [0.3, 0.4) is 0 Å². The van der Waals surface area contributed by atoms with Crippen molar-refractivity contribution in [3.63, 3.8) is 0 Å². The number of ether oxygens (including phenoxy) is 2. The SMILES string of the molecule is CCCCCCCCCCCCCCCCCCCOCC(COP(=O)(O)OCC(O)CO)OC(=O)CCCCCCCCCCCCC. The van der Waals surface area contributed by atoms with Crippen LogP contribution in [-0.4, -0.2) is 66.3 Å². The van der Waals surface area contributed by atoms with Gasteiger partial charge in [0.15, 0.2) is 0 Å². The molecule has 0 aliphatic rings. The number of hydrogen-bond donors (Lipinski definition) is 3. The van der Waals surface area contributed by atoms with Gasteiger partial charge in [-0.1, -0.05) is 181 Å². The smallest absolute Gasteiger partial charge is 0.457 e. The number of esters is 1. The van der Waals surface area contributed by atoms with E-state index in [4.69, 9.17) is 23.6 Å². The summed E-state index contributed by atoms with van der Waals surface area (Å²) in [5, 5.41) is 18.3. The maximum absolute atomic E-state index is 12.5. The monoisotopic (exact) mass is 723 g/mol. The molecule has 3 N–H and O–H groups in total. The number of phosphoric acid groups is 1. The molecule has 0 aromatic heterocycles. The Labute approximate surface area is 301 Å². The summed E-state index contributed by atoms with van der Waals surface area (Å²) in [6, 6.07) is 0. The van der Waals surface area contributed by atoms with E-state index in [9.17, 15) is 19.4 Å². The van der Waals surface area contributed by atoms with Crippen molar-refractivity contribution in [2.75, 3.05) is 33.0 Å². The zero-order valence-electron chi connectivity index (χ0n) is 31.9. The van der Waals surface area contributed by atoms with Crippen molar-refractivity contribution in [1.29, 1.82) is 0 Å². The zero-order chi connectivity index (χ0) is 36.1. The van der Waals surface area contributed by atoms with E-state index in [1.165, 1.54) is 148 Å². The molecule has 0 amide bonds. The number of phosphoric ester groups is 1. The number of rotatable bonds is 40. The quantitative estimate of drug-likeness (QED) is 0.0321. The molecule has 3 unspecified atom stereocenters. The van der Waals surface area contributed by atoms with Gasteiger partial charge in [-0.25, -0.2) is 4.57 Å². The predicted octanol–water partition coefficient (Wildman–Crippen LogP) is 10.8. The molecule has 9 nitrogen and oxygen atoms in total. The van der Waals surface area contributed by atoms with Crippen molar-refractivity contribution >= 4 is 13.8 Å². The predicted molar refractivity (Wildman–Crippen MR) is 201 cm³/mol. The van der Waals surface area contributed by atoms with Crippen molar-refractivity contribution in [3.8, 4) is 0 Å². The van der Waals surface area contributed by atoms with E-state index in [1.807, 2.05) is 0 Å². The Morgan fingerprint density at radius 3 is 1.33 bits per heavy atom. The Bertz CT molecular complexity index is 739. The van der Waals surface area contributed by atoms with Crippen molar-refractivity contribution in [2.24, 2.45) is 0 Å². The number of unbranched alkanes of at least 4 members (excludes halogenated alkanes) is 26. The van der Waals surface area contributed by atoms with Gasteiger partial charge in [-0.05, 0) is 12.8 Å². The molecule has 0 saturated carbocycles. The molecule has 0 spiro atoms. The lowest BCUT2D eigenvalue weighted by atomic mass is 10.0. The summed E-state index contributed by atoms with van der Waals surface area (Å²) in [5.74, 6) is -0.379. The third-order valence-corrected chi connectivity index (χ3v) is 9.99. The minimum atomic E-state index is -4.50. The Balaban J connectivity index is 4.11. The summed E-state index contributed by atoms with van der Waals surface area (Å²) in [6.07, 6.45) is 33.4. The first-order chi connectivity index (χ1) is 23.8. The molecule has 3 atom stereocenters. The van der Waals surface area contributed by atoms with Crippen molar-refractivity contribution in [1.82, 2.24) is 0 Å². The fourth-order valence-corrected chi connectivity index (χ4v) is 6.68. The van der Waals surface area contributed by atoms with Crippen LogP contribution in [0.5, 0.6) is 0 Å². The van der Waals surface area contributed by atoms with E-state index >= 15 is 0 Å². The maximum Gasteiger partial charge on any atom is 0.472 e. The normalized spacial score (nSPS) is 14.1. The van der Waals surface area contributed by atoms with Crippen molar-refractivity contribution < 1.29 is 43.0 Å². The molecule has 0 aromatic rings. The Kier molecular flexibility index (Phi) is 36.8. The summed E-state index contributed by atoms with van der Waals surface area (Å²) in [5.41, 5.74) is 0. The average Bonchev–Trinajstić information content (AvgIpc) is 3.09. The fourth-order valence-electron chi connectivity index (χ4n) is 5.89. The van der Waals surface area contributed by atoms with Gasteiger partial charge in [-0.3, -0.25) is 13.8 Å². The Morgan fingerprint density at radius 1 is 0.551 bits per heavy atom. The van der Waals surface area contributed by atoms with E-state index < -0.39 is 33.2 Å². The Hall–Kier alpha value is -0.540. The van der Waals surface area contributed by atoms with Gasteiger partial charge in [0.1, 0.15) is 12.2 Å². The van der Waals surface area contributed by atoms with Crippen LogP contribution in [0.15, 0.2) is 0 Å². The molecule has 0 aliphatic carbocycles. The molecule has 0 bridgehead atoms. The second kappa shape index (κ2) is 37.2. The molecular formula is C39H79O9P. The minimum absolute atomic E-state index is 0.0577. The lowest BCUT2D eigenvalue weighted by molar-refractivity contribution is -0.154. The van der Waals surface area contributed by atoms with E-state index in [0.29, 0.717) is 6.61 Å².